The molecule has 2 amide bonds. The standard InChI is InChI=1S/C19H18Cl2N2O2/c1-11-5-3-6-12(2)18(11)22-19(25)13-9-16(24)23(10-13)15-8-4-7-14(20)17(15)21/h3-8,13H,9-10H2,1-2H3,(H,22,25). The van der Waals surface area contributed by atoms with Gasteiger partial charge in [-0.1, -0.05) is 47.5 Å². The van der Waals surface area contributed by atoms with Crippen LogP contribution in [-0.4, -0.2) is 18.4 Å². The second kappa shape index (κ2) is 7.06. The first-order chi connectivity index (χ1) is 11.9. The van der Waals surface area contributed by atoms with E-state index in [0.29, 0.717) is 15.7 Å². The van der Waals surface area contributed by atoms with Gasteiger partial charge < -0.3 is 10.2 Å². The largest absolute Gasteiger partial charge is 0.325 e. The van der Waals surface area contributed by atoms with Gasteiger partial charge in [0.1, 0.15) is 0 Å². The number of nitrogens with one attached hydrogen (secondary N) is 1. The summed E-state index contributed by atoms with van der Waals surface area (Å²) >= 11 is 12.2. The minimum Gasteiger partial charge on any atom is -0.325 e. The SMILES string of the molecule is Cc1cccc(C)c1NC(=O)C1CC(=O)N(c2cccc(Cl)c2Cl)C1. The predicted octanol–water partition coefficient (Wildman–Crippen LogP) is 4.60. The Kier molecular flexibility index (Phi) is 5.02. The summed E-state index contributed by atoms with van der Waals surface area (Å²) < 4.78 is 0. The molecular weight excluding hydrogens is 359 g/mol. The Morgan fingerprint density at radius 3 is 2.44 bits per heavy atom. The average Bonchev–Trinajstić information content (AvgIpc) is 2.95. The molecule has 0 radical (unpaired) electrons. The first-order valence-electron chi connectivity index (χ1n) is 8.00. The molecule has 25 heavy (non-hydrogen) atoms. The number of carbonyl (C=O) groups excluding carboxylic acids is 2. The Bertz CT molecular complexity index is 831. The van der Waals surface area contributed by atoms with E-state index in [-0.39, 0.29) is 24.8 Å². The highest BCUT2D eigenvalue weighted by Crippen LogP contribution is 2.36. The van der Waals surface area contributed by atoms with Gasteiger partial charge in [0, 0.05) is 18.7 Å². The molecule has 0 bridgehead atoms. The number of nitrogens with zero attached hydrogens (tertiary/aromatic N) is 1. The van der Waals surface area contributed by atoms with E-state index in [0.717, 1.165) is 16.8 Å². The van der Waals surface area contributed by atoms with Crippen LogP contribution in [0.25, 0.3) is 0 Å². The summed E-state index contributed by atoms with van der Waals surface area (Å²) in [6.45, 7) is 4.18. The number of hydrogen-bond acceptors (Lipinski definition) is 2. The molecule has 6 heteroatoms. The molecule has 0 aromatic heterocycles. The Balaban J connectivity index is 1.78. The van der Waals surface area contributed by atoms with E-state index in [1.807, 2.05) is 32.0 Å². The van der Waals surface area contributed by atoms with Crippen LogP contribution in [0.4, 0.5) is 11.4 Å². The molecule has 2 aromatic rings. The van der Waals surface area contributed by atoms with Crippen LogP contribution in [0.15, 0.2) is 36.4 Å². The molecule has 1 aliphatic rings. The molecule has 0 spiro atoms. The number of rotatable bonds is 3. The van der Waals surface area contributed by atoms with Crippen molar-refractivity contribution in [1.29, 1.82) is 0 Å². The van der Waals surface area contributed by atoms with E-state index in [4.69, 9.17) is 23.2 Å². The van der Waals surface area contributed by atoms with E-state index in [1.165, 1.54) is 4.90 Å². The van der Waals surface area contributed by atoms with Crippen LogP contribution in [-0.2, 0) is 9.59 Å². The molecule has 1 fully saturated rings. The monoisotopic (exact) mass is 376 g/mol. The summed E-state index contributed by atoms with van der Waals surface area (Å²) in [4.78, 5) is 26.6. The number of carbonyl (C=O) groups is 2. The van der Waals surface area contributed by atoms with Crippen molar-refractivity contribution in [3.05, 3.63) is 57.6 Å². The van der Waals surface area contributed by atoms with Crippen LogP contribution in [0.2, 0.25) is 10.0 Å². The number of aryl methyl sites for hydroxylation is 2. The van der Waals surface area contributed by atoms with Gasteiger partial charge in [-0.25, -0.2) is 0 Å². The van der Waals surface area contributed by atoms with Crippen LogP contribution in [0.1, 0.15) is 17.5 Å². The summed E-state index contributed by atoms with van der Waals surface area (Å²) in [5.74, 6) is -0.723. The maximum atomic E-state index is 12.6. The third kappa shape index (κ3) is 3.51. The summed E-state index contributed by atoms with van der Waals surface area (Å²) in [6, 6.07) is 11.0. The van der Waals surface area contributed by atoms with Crippen molar-refractivity contribution >= 4 is 46.4 Å². The summed E-state index contributed by atoms with van der Waals surface area (Å²) in [6.07, 6.45) is 0.152. The maximum Gasteiger partial charge on any atom is 0.229 e. The lowest BCUT2D eigenvalue weighted by Gasteiger charge is -2.19. The molecule has 0 saturated carbocycles. The lowest BCUT2D eigenvalue weighted by atomic mass is 10.1. The first kappa shape index (κ1) is 17.8. The summed E-state index contributed by atoms with van der Waals surface area (Å²) in [5.41, 5.74) is 3.33. The predicted molar refractivity (Wildman–Crippen MR) is 101 cm³/mol. The average molecular weight is 377 g/mol. The molecule has 4 nitrogen and oxygen atoms in total. The van der Waals surface area contributed by atoms with Gasteiger partial charge in [0.15, 0.2) is 0 Å². The molecular formula is C19H18Cl2N2O2. The fraction of sp³-hybridized carbons (Fsp3) is 0.263. The molecule has 1 heterocycles. The highest BCUT2D eigenvalue weighted by molar-refractivity contribution is 6.44. The van der Waals surface area contributed by atoms with Gasteiger partial charge >= 0.3 is 0 Å². The number of hydrogen-bond donors (Lipinski definition) is 1. The molecule has 1 saturated heterocycles. The van der Waals surface area contributed by atoms with E-state index in [9.17, 15) is 9.59 Å². The van der Waals surface area contributed by atoms with E-state index < -0.39 is 5.92 Å². The normalized spacial score (nSPS) is 17.0. The number of benzene rings is 2. The quantitative estimate of drug-likeness (QED) is 0.850. The Hall–Kier alpha value is -2.04. The minimum absolute atomic E-state index is 0.133. The first-order valence-corrected chi connectivity index (χ1v) is 8.75. The Labute approximate surface area is 156 Å². The van der Waals surface area contributed by atoms with Crippen molar-refractivity contribution in [2.75, 3.05) is 16.8 Å². The van der Waals surface area contributed by atoms with Gasteiger partial charge in [-0.05, 0) is 37.1 Å². The molecule has 1 N–H and O–H groups in total. The molecule has 2 aromatic carbocycles. The second-order valence-corrected chi connectivity index (χ2v) is 7.02. The molecule has 1 unspecified atom stereocenters. The highest BCUT2D eigenvalue weighted by atomic mass is 35.5. The fourth-order valence-electron chi connectivity index (χ4n) is 3.05. The van der Waals surface area contributed by atoms with Gasteiger partial charge in [-0.2, -0.15) is 0 Å². The lowest BCUT2D eigenvalue weighted by molar-refractivity contribution is -0.122. The fourth-order valence-corrected chi connectivity index (χ4v) is 3.45. The van der Waals surface area contributed by atoms with Gasteiger partial charge in [0.05, 0.1) is 21.7 Å². The van der Waals surface area contributed by atoms with Crippen molar-refractivity contribution < 1.29 is 9.59 Å². The molecule has 3 rings (SSSR count). The summed E-state index contributed by atoms with van der Waals surface area (Å²) in [7, 11) is 0. The topological polar surface area (TPSA) is 49.4 Å². The van der Waals surface area contributed by atoms with Crippen LogP contribution in [0.3, 0.4) is 0 Å². The lowest BCUT2D eigenvalue weighted by Crippen LogP contribution is -2.28. The zero-order valence-corrected chi connectivity index (χ0v) is 15.5. The van der Waals surface area contributed by atoms with Crippen molar-refractivity contribution in [2.24, 2.45) is 5.92 Å². The van der Waals surface area contributed by atoms with Crippen molar-refractivity contribution in [3.63, 3.8) is 0 Å². The van der Waals surface area contributed by atoms with Gasteiger partial charge in [0.25, 0.3) is 0 Å². The van der Waals surface area contributed by atoms with Gasteiger partial charge in [-0.15, -0.1) is 0 Å². The number of amides is 2. The van der Waals surface area contributed by atoms with E-state index >= 15 is 0 Å². The maximum absolute atomic E-state index is 12.6. The number of anilines is 2. The zero-order chi connectivity index (χ0) is 18.1. The number of halogens is 2. The van der Waals surface area contributed by atoms with E-state index in [1.54, 1.807) is 18.2 Å². The molecule has 130 valence electrons. The van der Waals surface area contributed by atoms with Crippen molar-refractivity contribution in [1.82, 2.24) is 0 Å². The second-order valence-electron chi connectivity index (χ2n) is 6.23. The molecule has 0 aliphatic carbocycles. The Morgan fingerprint density at radius 2 is 1.76 bits per heavy atom. The molecule has 1 atom stereocenters. The van der Waals surface area contributed by atoms with Crippen LogP contribution < -0.4 is 10.2 Å². The number of para-hydroxylation sites is 1. The van der Waals surface area contributed by atoms with Crippen LogP contribution in [0, 0.1) is 19.8 Å². The zero-order valence-electron chi connectivity index (χ0n) is 14.0. The van der Waals surface area contributed by atoms with Gasteiger partial charge in [-0.3, -0.25) is 9.59 Å². The van der Waals surface area contributed by atoms with Crippen LogP contribution in [0.5, 0.6) is 0 Å². The minimum atomic E-state index is -0.429. The third-order valence-corrected chi connectivity index (χ3v) is 5.26. The third-order valence-electron chi connectivity index (χ3n) is 4.45. The molecule has 1 aliphatic heterocycles. The van der Waals surface area contributed by atoms with Crippen LogP contribution >= 0.6 is 23.2 Å². The van der Waals surface area contributed by atoms with E-state index in [2.05, 4.69) is 5.32 Å². The van der Waals surface area contributed by atoms with Crippen molar-refractivity contribution in [3.8, 4) is 0 Å². The van der Waals surface area contributed by atoms with Crippen molar-refractivity contribution in [2.45, 2.75) is 20.3 Å². The van der Waals surface area contributed by atoms with Gasteiger partial charge in [0.2, 0.25) is 11.8 Å². The highest BCUT2D eigenvalue weighted by Gasteiger charge is 2.36. The Morgan fingerprint density at radius 1 is 1.12 bits per heavy atom. The summed E-state index contributed by atoms with van der Waals surface area (Å²) in [5, 5.41) is 3.67. The smallest absolute Gasteiger partial charge is 0.229 e.